The van der Waals surface area contributed by atoms with Crippen molar-refractivity contribution in [2.45, 2.75) is 13.3 Å². The molecule has 0 saturated heterocycles. The highest BCUT2D eigenvalue weighted by Crippen LogP contribution is 2.09. The molecule has 0 atom stereocenters. The maximum atomic E-state index is 12.8. The molecule has 0 aliphatic carbocycles. The van der Waals surface area contributed by atoms with Crippen molar-refractivity contribution < 1.29 is 18.0 Å². The molecule has 0 heterocycles. The molecule has 0 bridgehead atoms. The van der Waals surface area contributed by atoms with E-state index < -0.39 is 24.7 Å². The van der Waals surface area contributed by atoms with Crippen LogP contribution in [-0.2, 0) is 0 Å². The molecule has 0 aromatic heterocycles. The Morgan fingerprint density at radius 2 is 2.13 bits per heavy atom. The molecule has 1 N–H and O–H groups in total. The third-order valence-corrected chi connectivity index (χ3v) is 1.84. The Balaban J connectivity index is 2.70. The first kappa shape index (κ1) is 11.6. The number of aryl methyl sites for hydroxylation is 1. The summed E-state index contributed by atoms with van der Waals surface area (Å²) in [5.74, 6) is -1.06. The van der Waals surface area contributed by atoms with Gasteiger partial charge in [-0.05, 0) is 30.7 Å². The lowest BCUT2D eigenvalue weighted by atomic mass is 10.1. The van der Waals surface area contributed by atoms with Crippen LogP contribution in [0.25, 0.3) is 0 Å². The van der Waals surface area contributed by atoms with Crippen LogP contribution in [0.2, 0.25) is 0 Å². The first-order valence-corrected chi connectivity index (χ1v) is 4.33. The molecule has 5 heteroatoms. The third kappa shape index (κ3) is 3.27. The summed E-state index contributed by atoms with van der Waals surface area (Å²) < 4.78 is 36.4. The predicted octanol–water partition coefficient (Wildman–Crippen LogP) is 2.13. The SMILES string of the molecule is Cc1cc(C(=O)NCC(F)F)ccc1F. The number of hydrogen-bond donors (Lipinski definition) is 1. The van der Waals surface area contributed by atoms with Gasteiger partial charge < -0.3 is 5.32 Å². The lowest BCUT2D eigenvalue weighted by molar-refractivity contribution is 0.0891. The zero-order valence-corrected chi connectivity index (χ0v) is 8.06. The van der Waals surface area contributed by atoms with Crippen molar-refractivity contribution in [2.24, 2.45) is 0 Å². The van der Waals surface area contributed by atoms with Crippen LogP contribution in [0, 0.1) is 12.7 Å². The van der Waals surface area contributed by atoms with Crippen LogP contribution >= 0.6 is 0 Å². The van der Waals surface area contributed by atoms with Crippen molar-refractivity contribution >= 4 is 5.91 Å². The fraction of sp³-hybridized carbons (Fsp3) is 0.300. The van der Waals surface area contributed by atoms with Crippen molar-refractivity contribution in [3.63, 3.8) is 0 Å². The summed E-state index contributed by atoms with van der Waals surface area (Å²) in [6, 6.07) is 3.70. The van der Waals surface area contributed by atoms with Gasteiger partial charge in [-0.1, -0.05) is 0 Å². The Morgan fingerprint density at radius 1 is 1.47 bits per heavy atom. The first-order valence-electron chi connectivity index (χ1n) is 4.33. The zero-order chi connectivity index (χ0) is 11.4. The third-order valence-electron chi connectivity index (χ3n) is 1.84. The smallest absolute Gasteiger partial charge is 0.255 e. The Bertz CT molecular complexity index is 366. The number of carbonyl (C=O) groups is 1. The Hall–Kier alpha value is -1.52. The van der Waals surface area contributed by atoms with Gasteiger partial charge in [0, 0.05) is 5.56 Å². The van der Waals surface area contributed by atoms with Crippen LogP contribution in [0.15, 0.2) is 18.2 Å². The highest BCUT2D eigenvalue weighted by Gasteiger charge is 2.09. The summed E-state index contributed by atoms with van der Waals surface area (Å²) in [4.78, 5) is 11.2. The van der Waals surface area contributed by atoms with Gasteiger partial charge in [0.15, 0.2) is 0 Å². The second-order valence-electron chi connectivity index (χ2n) is 3.07. The Kier molecular flexibility index (Phi) is 3.71. The van der Waals surface area contributed by atoms with E-state index in [2.05, 4.69) is 0 Å². The molecule has 0 aliphatic rings. The van der Waals surface area contributed by atoms with Crippen molar-refractivity contribution in [3.8, 4) is 0 Å². The van der Waals surface area contributed by atoms with Gasteiger partial charge in [0.05, 0.1) is 6.54 Å². The molecule has 1 aromatic rings. The number of carbonyl (C=O) groups excluding carboxylic acids is 1. The first-order chi connectivity index (χ1) is 7.00. The summed E-state index contributed by atoms with van der Waals surface area (Å²) in [7, 11) is 0. The van der Waals surface area contributed by atoms with E-state index in [-0.39, 0.29) is 5.56 Å². The van der Waals surface area contributed by atoms with E-state index in [4.69, 9.17) is 0 Å². The molecule has 82 valence electrons. The highest BCUT2D eigenvalue weighted by atomic mass is 19.3. The molecule has 0 radical (unpaired) electrons. The van der Waals surface area contributed by atoms with Crippen LogP contribution in [-0.4, -0.2) is 18.9 Å². The van der Waals surface area contributed by atoms with Crippen molar-refractivity contribution in [1.29, 1.82) is 0 Å². The molecule has 0 spiro atoms. The summed E-state index contributed by atoms with van der Waals surface area (Å²) >= 11 is 0. The van der Waals surface area contributed by atoms with Gasteiger partial charge in [-0.15, -0.1) is 0 Å². The topological polar surface area (TPSA) is 29.1 Å². The van der Waals surface area contributed by atoms with Crippen LogP contribution in [0.4, 0.5) is 13.2 Å². The largest absolute Gasteiger partial charge is 0.346 e. The van der Waals surface area contributed by atoms with Crippen molar-refractivity contribution in [2.75, 3.05) is 6.54 Å². The van der Waals surface area contributed by atoms with E-state index in [1.54, 1.807) is 0 Å². The number of rotatable bonds is 3. The van der Waals surface area contributed by atoms with Crippen LogP contribution < -0.4 is 5.32 Å². The minimum Gasteiger partial charge on any atom is -0.346 e. The molecule has 0 unspecified atom stereocenters. The average Bonchev–Trinajstić information content (AvgIpc) is 2.18. The van der Waals surface area contributed by atoms with Gasteiger partial charge in [0.25, 0.3) is 12.3 Å². The van der Waals surface area contributed by atoms with Gasteiger partial charge in [-0.2, -0.15) is 0 Å². The maximum Gasteiger partial charge on any atom is 0.255 e. The summed E-state index contributed by atoms with van der Waals surface area (Å²) in [6.07, 6.45) is -2.59. The molecule has 0 aliphatic heterocycles. The molecule has 1 rings (SSSR count). The fourth-order valence-electron chi connectivity index (χ4n) is 1.06. The van der Waals surface area contributed by atoms with E-state index >= 15 is 0 Å². The Morgan fingerprint density at radius 3 is 2.67 bits per heavy atom. The standard InChI is InChI=1S/C10H10F3NO/c1-6-4-7(2-3-8(6)11)10(15)14-5-9(12)13/h2-4,9H,5H2,1H3,(H,14,15). The summed E-state index contributed by atoms with van der Waals surface area (Å²) in [5.41, 5.74) is 0.481. The minimum absolute atomic E-state index is 0.176. The number of alkyl halides is 2. The number of nitrogens with one attached hydrogen (secondary N) is 1. The monoisotopic (exact) mass is 217 g/mol. The summed E-state index contributed by atoms with van der Waals surface area (Å²) in [6.45, 7) is 0.800. The lowest BCUT2D eigenvalue weighted by Gasteiger charge is -2.05. The minimum atomic E-state index is -2.59. The van der Waals surface area contributed by atoms with Crippen molar-refractivity contribution in [3.05, 3.63) is 35.1 Å². The molecular weight excluding hydrogens is 207 g/mol. The van der Waals surface area contributed by atoms with E-state index in [0.29, 0.717) is 5.56 Å². The van der Waals surface area contributed by atoms with Gasteiger partial charge in [0.2, 0.25) is 0 Å². The van der Waals surface area contributed by atoms with Gasteiger partial charge in [0.1, 0.15) is 5.82 Å². The number of benzene rings is 1. The quantitative estimate of drug-likeness (QED) is 0.825. The van der Waals surface area contributed by atoms with E-state index in [9.17, 15) is 18.0 Å². The second-order valence-corrected chi connectivity index (χ2v) is 3.07. The predicted molar refractivity (Wildman–Crippen MR) is 49.5 cm³/mol. The van der Waals surface area contributed by atoms with E-state index in [1.807, 2.05) is 5.32 Å². The van der Waals surface area contributed by atoms with Crippen LogP contribution in [0.1, 0.15) is 15.9 Å². The number of halogens is 3. The van der Waals surface area contributed by atoms with E-state index in [1.165, 1.54) is 19.1 Å². The molecule has 1 amide bonds. The normalized spacial score (nSPS) is 10.5. The second kappa shape index (κ2) is 4.82. The molecule has 1 aromatic carbocycles. The van der Waals surface area contributed by atoms with E-state index in [0.717, 1.165) is 6.07 Å². The zero-order valence-electron chi connectivity index (χ0n) is 8.06. The maximum absolute atomic E-state index is 12.8. The molecular formula is C10H10F3NO. The van der Waals surface area contributed by atoms with Gasteiger partial charge in [-0.25, -0.2) is 13.2 Å². The Labute approximate surface area is 85.1 Å². The highest BCUT2D eigenvalue weighted by molar-refractivity contribution is 5.94. The summed E-state index contributed by atoms with van der Waals surface area (Å²) in [5, 5.41) is 2.03. The molecule has 0 fully saturated rings. The molecule has 0 saturated carbocycles. The average molecular weight is 217 g/mol. The van der Waals surface area contributed by atoms with Gasteiger partial charge in [-0.3, -0.25) is 4.79 Å². The van der Waals surface area contributed by atoms with Crippen LogP contribution in [0.3, 0.4) is 0 Å². The van der Waals surface area contributed by atoms with Crippen LogP contribution in [0.5, 0.6) is 0 Å². The van der Waals surface area contributed by atoms with Gasteiger partial charge >= 0.3 is 0 Å². The number of hydrogen-bond acceptors (Lipinski definition) is 1. The molecule has 2 nitrogen and oxygen atoms in total. The lowest BCUT2D eigenvalue weighted by Crippen LogP contribution is -2.28. The fourth-order valence-corrected chi connectivity index (χ4v) is 1.06. The van der Waals surface area contributed by atoms with Crippen molar-refractivity contribution in [1.82, 2.24) is 5.32 Å². The molecule has 15 heavy (non-hydrogen) atoms. The number of amides is 1.